The van der Waals surface area contributed by atoms with Gasteiger partial charge in [0, 0.05) is 35.6 Å². The van der Waals surface area contributed by atoms with E-state index in [1.54, 1.807) is 24.3 Å². The summed E-state index contributed by atoms with van der Waals surface area (Å²) in [5, 5.41) is 3.02. The summed E-state index contributed by atoms with van der Waals surface area (Å²) in [6.45, 7) is 1.49. The van der Waals surface area contributed by atoms with Gasteiger partial charge in [0.1, 0.15) is 0 Å². The second kappa shape index (κ2) is 10.8. The minimum Gasteiger partial charge on any atom is -0.322 e. The molecule has 0 fully saturated rings. The molecule has 0 atom stereocenters. The highest BCUT2D eigenvalue weighted by Crippen LogP contribution is 2.30. The van der Waals surface area contributed by atoms with E-state index in [-0.39, 0.29) is 11.8 Å². The molecule has 0 saturated heterocycles. The Morgan fingerprint density at radius 2 is 1.49 bits per heavy atom. The number of nitrogens with zero attached hydrogens (tertiary/aromatic N) is 2. The van der Waals surface area contributed by atoms with E-state index in [1.165, 1.54) is 5.56 Å². The normalized spacial score (nSPS) is 12.8. The lowest BCUT2D eigenvalue weighted by Gasteiger charge is -2.29. The fourth-order valence-electron chi connectivity index (χ4n) is 4.97. The highest BCUT2D eigenvalue weighted by Gasteiger charge is 2.23. The third kappa shape index (κ3) is 5.32. The molecular weight excluding hydrogens is 458 g/mol. The minimum absolute atomic E-state index is 0.0205. The fourth-order valence-corrected chi connectivity index (χ4v) is 4.97. The number of fused-ring (bicyclic) bond motifs is 1. The van der Waals surface area contributed by atoms with Crippen LogP contribution in [0.5, 0.6) is 0 Å². The van der Waals surface area contributed by atoms with Gasteiger partial charge in [-0.15, -0.1) is 0 Å². The van der Waals surface area contributed by atoms with Gasteiger partial charge in [0.05, 0.1) is 0 Å². The smallest absolute Gasteiger partial charge is 0.258 e. The van der Waals surface area contributed by atoms with Crippen LogP contribution in [0.1, 0.15) is 38.3 Å². The Morgan fingerprint density at radius 1 is 0.811 bits per heavy atom. The van der Waals surface area contributed by atoms with E-state index in [0.29, 0.717) is 23.4 Å². The average Bonchev–Trinajstić information content (AvgIpc) is 2.93. The van der Waals surface area contributed by atoms with E-state index in [2.05, 4.69) is 28.4 Å². The number of carbonyl (C=O) groups is 2. The molecule has 5 heteroatoms. The zero-order valence-electron chi connectivity index (χ0n) is 21.3. The Morgan fingerprint density at radius 3 is 2.27 bits per heavy atom. The number of amides is 2. The lowest BCUT2D eigenvalue weighted by molar-refractivity contribution is 0.0984. The highest BCUT2D eigenvalue weighted by molar-refractivity contribution is 6.10. The number of rotatable bonds is 6. The Labute approximate surface area is 218 Å². The van der Waals surface area contributed by atoms with Crippen molar-refractivity contribution < 1.29 is 9.59 Å². The molecule has 37 heavy (non-hydrogen) atoms. The Hall–Kier alpha value is -4.22. The van der Waals surface area contributed by atoms with Crippen LogP contribution < -0.4 is 10.2 Å². The van der Waals surface area contributed by atoms with E-state index in [0.717, 1.165) is 41.8 Å². The van der Waals surface area contributed by atoms with Crippen LogP contribution in [-0.2, 0) is 13.0 Å². The second-order valence-corrected chi connectivity index (χ2v) is 9.66. The average molecular weight is 490 g/mol. The van der Waals surface area contributed by atoms with Crippen LogP contribution in [0.15, 0.2) is 97.1 Å². The summed E-state index contributed by atoms with van der Waals surface area (Å²) in [5.74, 6) is -0.202. The maximum absolute atomic E-state index is 13.3. The van der Waals surface area contributed by atoms with E-state index < -0.39 is 0 Å². The van der Waals surface area contributed by atoms with Crippen LogP contribution in [0.4, 0.5) is 11.4 Å². The summed E-state index contributed by atoms with van der Waals surface area (Å²) >= 11 is 0. The first kappa shape index (κ1) is 24.5. The lowest BCUT2D eigenvalue weighted by Crippen LogP contribution is -2.35. The Bertz CT molecular complexity index is 1430. The summed E-state index contributed by atoms with van der Waals surface area (Å²) in [5.41, 5.74) is 7.16. The molecule has 5 nitrogen and oxygen atoms in total. The topological polar surface area (TPSA) is 52.7 Å². The third-order valence-electron chi connectivity index (χ3n) is 6.71. The summed E-state index contributed by atoms with van der Waals surface area (Å²) < 4.78 is 0. The van der Waals surface area contributed by atoms with Crippen LogP contribution >= 0.6 is 0 Å². The Balaban J connectivity index is 1.35. The highest BCUT2D eigenvalue weighted by atomic mass is 16.2. The van der Waals surface area contributed by atoms with Crippen molar-refractivity contribution in [2.45, 2.75) is 19.4 Å². The number of aryl methyl sites for hydroxylation is 1. The van der Waals surface area contributed by atoms with E-state index >= 15 is 0 Å². The van der Waals surface area contributed by atoms with Gasteiger partial charge in [-0.1, -0.05) is 60.7 Å². The lowest BCUT2D eigenvalue weighted by atomic mass is 9.94. The molecule has 4 aromatic rings. The van der Waals surface area contributed by atoms with Gasteiger partial charge in [0.2, 0.25) is 0 Å². The number of anilines is 2. The molecule has 0 bridgehead atoms. The molecule has 1 heterocycles. The molecule has 0 radical (unpaired) electrons. The maximum Gasteiger partial charge on any atom is 0.258 e. The largest absolute Gasteiger partial charge is 0.322 e. The van der Waals surface area contributed by atoms with Crippen molar-refractivity contribution in [3.05, 3.63) is 119 Å². The van der Waals surface area contributed by atoms with Crippen LogP contribution in [0, 0.1) is 0 Å². The zero-order valence-corrected chi connectivity index (χ0v) is 21.3. The first-order valence-electron chi connectivity index (χ1n) is 12.6. The molecule has 0 aromatic heterocycles. The van der Waals surface area contributed by atoms with Crippen molar-refractivity contribution in [3.63, 3.8) is 0 Å². The van der Waals surface area contributed by atoms with Gasteiger partial charge in [0.25, 0.3) is 11.8 Å². The predicted octanol–water partition coefficient (Wildman–Crippen LogP) is 6.26. The number of hydrogen-bond donors (Lipinski definition) is 1. The summed E-state index contributed by atoms with van der Waals surface area (Å²) in [6, 6.07) is 31.1. The molecule has 0 unspecified atom stereocenters. The van der Waals surface area contributed by atoms with E-state index in [1.807, 2.05) is 73.6 Å². The zero-order chi connectivity index (χ0) is 25.8. The molecule has 1 aliphatic heterocycles. The first-order chi connectivity index (χ1) is 18.0. The molecule has 1 aliphatic rings. The number of benzene rings is 4. The van der Waals surface area contributed by atoms with E-state index in [9.17, 15) is 9.59 Å². The fraction of sp³-hybridized carbons (Fsp3) is 0.188. The third-order valence-corrected chi connectivity index (χ3v) is 6.71. The molecule has 0 spiro atoms. The van der Waals surface area contributed by atoms with Crippen molar-refractivity contribution in [2.75, 3.05) is 30.9 Å². The van der Waals surface area contributed by atoms with Gasteiger partial charge >= 0.3 is 0 Å². The molecule has 0 saturated carbocycles. The summed E-state index contributed by atoms with van der Waals surface area (Å²) in [4.78, 5) is 30.6. The number of carbonyl (C=O) groups excluding carboxylic acids is 2. The first-order valence-corrected chi connectivity index (χ1v) is 12.6. The molecular formula is C32H31N3O2. The predicted molar refractivity (Wildman–Crippen MR) is 150 cm³/mol. The van der Waals surface area contributed by atoms with Crippen molar-refractivity contribution in [2.24, 2.45) is 0 Å². The van der Waals surface area contributed by atoms with Gasteiger partial charge < -0.3 is 15.1 Å². The number of para-hydroxylation sites is 1. The monoisotopic (exact) mass is 489 g/mol. The van der Waals surface area contributed by atoms with Crippen LogP contribution in [0.25, 0.3) is 11.1 Å². The molecule has 186 valence electrons. The van der Waals surface area contributed by atoms with Crippen molar-refractivity contribution in [3.8, 4) is 11.1 Å². The van der Waals surface area contributed by atoms with E-state index in [4.69, 9.17) is 0 Å². The van der Waals surface area contributed by atoms with Crippen LogP contribution in [0.3, 0.4) is 0 Å². The molecule has 0 aliphatic carbocycles. The molecule has 4 aromatic carbocycles. The van der Waals surface area contributed by atoms with Crippen LogP contribution in [0.2, 0.25) is 0 Å². The van der Waals surface area contributed by atoms with Crippen molar-refractivity contribution in [1.82, 2.24) is 4.90 Å². The molecule has 2 amide bonds. The second-order valence-electron chi connectivity index (χ2n) is 9.66. The van der Waals surface area contributed by atoms with Gasteiger partial charge in [-0.2, -0.15) is 0 Å². The summed E-state index contributed by atoms with van der Waals surface area (Å²) in [7, 11) is 4.07. The minimum atomic E-state index is -0.181. The van der Waals surface area contributed by atoms with Gasteiger partial charge in [-0.05, 0) is 85.6 Å². The Kier molecular flexibility index (Phi) is 7.15. The number of hydrogen-bond acceptors (Lipinski definition) is 3. The molecule has 1 N–H and O–H groups in total. The standard InChI is InChI=1S/C32H31N3O2/c1-34(2)22-25-11-3-5-13-27(25)28-14-6-7-15-29(28)31(36)33-26-19-17-24(18-20-26)32(37)35-21-9-12-23-10-4-8-16-30(23)35/h3-8,10-11,13-20H,9,12,21-22H2,1-2H3,(H,33,36). The van der Waals surface area contributed by atoms with Crippen molar-refractivity contribution >= 4 is 23.2 Å². The maximum atomic E-state index is 13.3. The van der Waals surface area contributed by atoms with Crippen LogP contribution in [-0.4, -0.2) is 37.4 Å². The SMILES string of the molecule is CN(C)Cc1ccccc1-c1ccccc1C(=O)Nc1ccc(C(=O)N2CCCc3ccccc32)cc1. The van der Waals surface area contributed by atoms with Gasteiger partial charge in [0.15, 0.2) is 0 Å². The van der Waals surface area contributed by atoms with Gasteiger partial charge in [-0.25, -0.2) is 0 Å². The number of nitrogens with one attached hydrogen (secondary N) is 1. The van der Waals surface area contributed by atoms with Crippen molar-refractivity contribution in [1.29, 1.82) is 0 Å². The summed E-state index contributed by atoms with van der Waals surface area (Å²) in [6.07, 6.45) is 1.94. The molecule has 5 rings (SSSR count). The van der Waals surface area contributed by atoms with Gasteiger partial charge in [-0.3, -0.25) is 9.59 Å². The quantitative estimate of drug-likeness (QED) is 0.348.